The monoisotopic (exact) mass is 308 g/mol. The minimum absolute atomic E-state index is 0.0816. The molecule has 1 aliphatic rings. The van der Waals surface area contributed by atoms with Gasteiger partial charge in [-0.05, 0) is 19.3 Å². The number of hydrogen-bond acceptors (Lipinski definition) is 6. The summed E-state index contributed by atoms with van der Waals surface area (Å²) in [5, 5.41) is 21.6. The molecule has 7 nitrogen and oxygen atoms in total. The van der Waals surface area contributed by atoms with Crippen LogP contribution in [0.3, 0.4) is 0 Å². The summed E-state index contributed by atoms with van der Waals surface area (Å²) in [5.74, 6) is 0.369. The lowest BCUT2D eigenvalue weighted by Crippen LogP contribution is -2.33. The van der Waals surface area contributed by atoms with Crippen LogP contribution in [-0.4, -0.2) is 51.4 Å². The predicted octanol–water partition coefficient (Wildman–Crippen LogP) is 1.49. The molecule has 0 spiro atoms. The van der Waals surface area contributed by atoms with Crippen LogP contribution in [0.1, 0.15) is 39.0 Å². The van der Waals surface area contributed by atoms with Crippen LogP contribution < -0.4 is 10.2 Å². The quantitative estimate of drug-likeness (QED) is 0.669. The van der Waals surface area contributed by atoms with Crippen LogP contribution in [0.25, 0.3) is 0 Å². The van der Waals surface area contributed by atoms with Crippen molar-refractivity contribution in [2.24, 2.45) is 0 Å². The van der Waals surface area contributed by atoms with Gasteiger partial charge < -0.3 is 20.4 Å². The molecule has 22 heavy (non-hydrogen) atoms. The number of nitrogens with one attached hydrogen (secondary N) is 1. The van der Waals surface area contributed by atoms with Gasteiger partial charge in [0, 0.05) is 12.6 Å². The summed E-state index contributed by atoms with van der Waals surface area (Å²) in [6.45, 7) is 2.98. The maximum atomic E-state index is 11.3. The first-order chi connectivity index (χ1) is 10.7. The van der Waals surface area contributed by atoms with E-state index in [-0.39, 0.29) is 12.6 Å². The van der Waals surface area contributed by atoms with Gasteiger partial charge in [-0.2, -0.15) is 0 Å². The maximum absolute atomic E-state index is 11.3. The molecule has 1 aromatic rings. The second-order valence-corrected chi connectivity index (χ2v) is 5.61. The van der Waals surface area contributed by atoms with Crippen molar-refractivity contribution < 1.29 is 15.0 Å². The third-order valence-corrected chi connectivity index (χ3v) is 4.00. The van der Waals surface area contributed by atoms with Crippen LogP contribution in [0, 0.1) is 0 Å². The Hall–Kier alpha value is -1.89. The minimum atomic E-state index is -0.872. The normalized spacial score (nSPS) is 19.2. The second-order valence-electron chi connectivity index (χ2n) is 5.61. The smallest absolute Gasteiger partial charge is 0.326 e. The van der Waals surface area contributed by atoms with Gasteiger partial charge in [-0.1, -0.05) is 19.8 Å². The lowest BCUT2D eigenvalue weighted by molar-refractivity contribution is -0.138. The van der Waals surface area contributed by atoms with E-state index in [1.807, 2.05) is 6.92 Å². The van der Waals surface area contributed by atoms with Gasteiger partial charge in [-0.25, -0.2) is 14.8 Å². The molecule has 7 heteroatoms. The van der Waals surface area contributed by atoms with Crippen molar-refractivity contribution in [2.75, 3.05) is 23.4 Å². The molecular weight excluding hydrogens is 284 g/mol. The minimum Gasteiger partial charge on any atom is -0.480 e. The molecule has 0 amide bonds. The summed E-state index contributed by atoms with van der Waals surface area (Å²) in [6.07, 6.45) is 5.76. The Morgan fingerprint density at radius 3 is 3.05 bits per heavy atom. The fourth-order valence-corrected chi connectivity index (χ4v) is 2.75. The fourth-order valence-electron chi connectivity index (χ4n) is 2.75. The number of carbonyl (C=O) groups is 1. The van der Waals surface area contributed by atoms with Gasteiger partial charge in [-0.15, -0.1) is 0 Å². The van der Waals surface area contributed by atoms with Crippen LogP contribution in [-0.2, 0) is 4.79 Å². The molecule has 2 rings (SSSR count). The van der Waals surface area contributed by atoms with Gasteiger partial charge >= 0.3 is 5.97 Å². The van der Waals surface area contributed by atoms with E-state index < -0.39 is 12.0 Å². The van der Waals surface area contributed by atoms with E-state index in [1.54, 1.807) is 6.07 Å². The number of carboxylic acid groups (broad SMARTS) is 1. The Kier molecular flexibility index (Phi) is 5.94. The SMILES string of the molecule is CCCCC(Nc1cc(N2CCCC2CO)ncn1)C(=O)O. The molecule has 3 N–H and O–H groups in total. The zero-order chi connectivity index (χ0) is 15.9. The second kappa shape index (κ2) is 7.93. The summed E-state index contributed by atoms with van der Waals surface area (Å²) in [4.78, 5) is 21.7. The average molecular weight is 308 g/mol. The number of hydrogen-bond donors (Lipinski definition) is 3. The lowest BCUT2D eigenvalue weighted by atomic mass is 10.1. The Balaban J connectivity index is 2.08. The molecule has 0 bridgehead atoms. The van der Waals surface area contributed by atoms with Gasteiger partial charge in [0.2, 0.25) is 0 Å². The molecule has 0 aromatic carbocycles. The van der Waals surface area contributed by atoms with Crippen molar-refractivity contribution in [2.45, 2.75) is 51.1 Å². The highest BCUT2D eigenvalue weighted by Gasteiger charge is 2.25. The molecule has 1 aliphatic heterocycles. The molecule has 0 saturated carbocycles. The molecule has 122 valence electrons. The van der Waals surface area contributed by atoms with E-state index >= 15 is 0 Å². The summed E-state index contributed by atoms with van der Waals surface area (Å²) in [7, 11) is 0. The van der Waals surface area contributed by atoms with Gasteiger partial charge in [0.15, 0.2) is 0 Å². The zero-order valence-corrected chi connectivity index (χ0v) is 12.9. The van der Waals surface area contributed by atoms with Gasteiger partial charge in [-0.3, -0.25) is 0 Å². The number of anilines is 2. The topological polar surface area (TPSA) is 98.6 Å². The van der Waals surface area contributed by atoms with Crippen LogP contribution >= 0.6 is 0 Å². The van der Waals surface area contributed by atoms with Crippen molar-refractivity contribution in [1.82, 2.24) is 9.97 Å². The summed E-state index contributed by atoms with van der Waals surface area (Å²) in [5.41, 5.74) is 0. The lowest BCUT2D eigenvalue weighted by Gasteiger charge is -2.24. The summed E-state index contributed by atoms with van der Waals surface area (Å²) in [6, 6.07) is 1.20. The largest absolute Gasteiger partial charge is 0.480 e. The Bertz CT molecular complexity index is 497. The first kappa shape index (κ1) is 16.5. The standard InChI is InChI=1S/C15H24N4O3/c1-2-3-6-12(15(21)22)18-13-8-14(17-10-16-13)19-7-4-5-11(19)9-20/h8,10-12,20H,2-7,9H2,1H3,(H,21,22)(H,16,17,18). The molecule has 2 atom stereocenters. The summed E-state index contributed by atoms with van der Waals surface area (Å²) >= 11 is 0. The molecule has 1 fully saturated rings. The van der Waals surface area contributed by atoms with Gasteiger partial charge in [0.25, 0.3) is 0 Å². The Labute approximate surface area is 130 Å². The molecule has 0 aliphatic carbocycles. The number of nitrogens with zero attached hydrogens (tertiary/aromatic N) is 3. The number of aliphatic carboxylic acids is 1. The van der Waals surface area contributed by atoms with Gasteiger partial charge in [0.1, 0.15) is 24.0 Å². The first-order valence-corrected chi connectivity index (χ1v) is 7.84. The Morgan fingerprint density at radius 1 is 1.55 bits per heavy atom. The van der Waals surface area contributed by atoms with E-state index in [1.165, 1.54) is 6.33 Å². The highest BCUT2D eigenvalue weighted by Crippen LogP contribution is 2.24. The molecule has 0 radical (unpaired) electrons. The van der Waals surface area contributed by atoms with E-state index in [0.29, 0.717) is 12.2 Å². The number of rotatable bonds is 8. The van der Waals surface area contributed by atoms with Crippen LogP contribution in [0.4, 0.5) is 11.6 Å². The van der Waals surface area contributed by atoms with Crippen LogP contribution in [0.15, 0.2) is 12.4 Å². The van der Waals surface area contributed by atoms with Crippen LogP contribution in [0.5, 0.6) is 0 Å². The van der Waals surface area contributed by atoms with E-state index in [2.05, 4.69) is 20.2 Å². The van der Waals surface area contributed by atoms with E-state index in [0.717, 1.165) is 38.0 Å². The van der Waals surface area contributed by atoms with E-state index in [4.69, 9.17) is 0 Å². The maximum Gasteiger partial charge on any atom is 0.326 e. The van der Waals surface area contributed by atoms with Crippen molar-refractivity contribution in [3.05, 3.63) is 12.4 Å². The third-order valence-electron chi connectivity index (χ3n) is 4.00. The van der Waals surface area contributed by atoms with Crippen molar-refractivity contribution in [3.8, 4) is 0 Å². The highest BCUT2D eigenvalue weighted by molar-refractivity contribution is 5.77. The third kappa shape index (κ3) is 4.07. The van der Waals surface area contributed by atoms with Gasteiger partial charge in [0.05, 0.1) is 12.6 Å². The Morgan fingerprint density at radius 2 is 2.36 bits per heavy atom. The number of aromatic nitrogens is 2. The molecule has 1 aromatic heterocycles. The van der Waals surface area contributed by atoms with E-state index in [9.17, 15) is 15.0 Å². The molecular formula is C15H24N4O3. The average Bonchev–Trinajstić information content (AvgIpc) is 3.00. The number of aliphatic hydroxyl groups excluding tert-OH is 1. The fraction of sp³-hybridized carbons (Fsp3) is 0.667. The zero-order valence-electron chi connectivity index (χ0n) is 12.9. The number of carboxylic acids is 1. The predicted molar refractivity (Wildman–Crippen MR) is 84.1 cm³/mol. The van der Waals surface area contributed by atoms with Crippen molar-refractivity contribution >= 4 is 17.6 Å². The first-order valence-electron chi connectivity index (χ1n) is 7.84. The van der Waals surface area contributed by atoms with Crippen LogP contribution in [0.2, 0.25) is 0 Å². The number of unbranched alkanes of at least 4 members (excludes halogenated alkanes) is 1. The molecule has 2 heterocycles. The molecule has 1 saturated heterocycles. The summed E-state index contributed by atoms with van der Waals surface area (Å²) < 4.78 is 0. The number of aliphatic hydroxyl groups is 1. The molecule has 2 unspecified atom stereocenters. The highest BCUT2D eigenvalue weighted by atomic mass is 16.4. The van der Waals surface area contributed by atoms with Crippen molar-refractivity contribution in [3.63, 3.8) is 0 Å². The van der Waals surface area contributed by atoms with Crippen molar-refractivity contribution in [1.29, 1.82) is 0 Å².